The van der Waals surface area contributed by atoms with Crippen LogP contribution in [-0.2, 0) is 11.2 Å². The fourth-order valence-corrected chi connectivity index (χ4v) is 1.68. The van der Waals surface area contributed by atoms with Crippen molar-refractivity contribution in [2.75, 3.05) is 6.54 Å². The summed E-state index contributed by atoms with van der Waals surface area (Å²) in [5, 5.41) is 9.20. The lowest BCUT2D eigenvalue weighted by Crippen LogP contribution is -2.38. The summed E-state index contributed by atoms with van der Waals surface area (Å²) in [4.78, 5) is 15.4. The average Bonchev–Trinajstić information content (AvgIpc) is 2.32. The zero-order chi connectivity index (χ0) is 12.0. The number of hydrogen-bond donors (Lipinski definition) is 2. The van der Waals surface area contributed by atoms with Crippen molar-refractivity contribution in [3.05, 3.63) is 30.1 Å². The van der Waals surface area contributed by atoms with Crippen LogP contribution in [0.15, 0.2) is 24.4 Å². The topological polar surface area (TPSA) is 76.2 Å². The van der Waals surface area contributed by atoms with Gasteiger partial charge in [-0.2, -0.15) is 0 Å². The standard InChI is InChI=1S/C12H18N2O2/c1-2-12(9-13,11(15)16)7-6-10-5-3-4-8-14-10/h3-5,8H,2,6-7,9,13H2,1H3,(H,15,16). The maximum absolute atomic E-state index is 11.2. The minimum absolute atomic E-state index is 0.172. The number of rotatable bonds is 6. The third-order valence-corrected chi connectivity index (χ3v) is 3.11. The van der Waals surface area contributed by atoms with E-state index in [1.807, 2.05) is 25.1 Å². The van der Waals surface area contributed by atoms with Crippen molar-refractivity contribution in [1.82, 2.24) is 4.98 Å². The molecule has 0 saturated heterocycles. The zero-order valence-electron chi connectivity index (χ0n) is 9.52. The number of nitrogens with zero attached hydrogens (tertiary/aromatic N) is 1. The van der Waals surface area contributed by atoms with Gasteiger partial charge in [0.1, 0.15) is 0 Å². The number of hydrogen-bond acceptors (Lipinski definition) is 3. The van der Waals surface area contributed by atoms with Crippen LogP contribution in [0.5, 0.6) is 0 Å². The van der Waals surface area contributed by atoms with Crippen molar-refractivity contribution in [3.63, 3.8) is 0 Å². The van der Waals surface area contributed by atoms with E-state index in [1.54, 1.807) is 6.20 Å². The molecule has 88 valence electrons. The predicted molar refractivity (Wildman–Crippen MR) is 62.0 cm³/mol. The second-order valence-corrected chi connectivity index (χ2v) is 3.96. The van der Waals surface area contributed by atoms with E-state index < -0.39 is 11.4 Å². The van der Waals surface area contributed by atoms with Gasteiger partial charge in [-0.1, -0.05) is 13.0 Å². The Balaban J connectivity index is 2.67. The number of aliphatic carboxylic acids is 1. The molecular weight excluding hydrogens is 204 g/mol. The monoisotopic (exact) mass is 222 g/mol. The van der Waals surface area contributed by atoms with Gasteiger partial charge >= 0.3 is 5.97 Å². The summed E-state index contributed by atoms with van der Waals surface area (Å²) in [5.74, 6) is -0.812. The van der Waals surface area contributed by atoms with Gasteiger partial charge in [0.2, 0.25) is 0 Å². The van der Waals surface area contributed by atoms with Gasteiger partial charge in [-0.3, -0.25) is 9.78 Å². The van der Waals surface area contributed by atoms with Crippen LogP contribution in [-0.4, -0.2) is 22.6 Å². The minimum atomic E-state index is -0.812. The van der Waals surface area contributed by atoms with Crippen LogP contribution in [0, 0.1) is 5.41 Å². The number of carboxylic acids is 1. The van der Waals surface area contributed by atoms with Gasteiger partial charge in [0.05, 0.1) is 5.41 Å². The van der Waals surface area contributed by atoms with E-state index in [1.165, 1.54) is 0 Å². The molecule has 4 nitrogen and oxygen atoms in total. The molecule has 0 aliphatic rings. The van der Waals surface area contributed by atoms with Crippen LogP contribution in [0.4, 0.5) is 0 Å². The lowest BCUT2D eigenvalue weighted by molar-refractivity contribution is -0.149. The van der Waals surface area contributed by atoms with Crippen LogP contribution in [0.2, 0.25) is 0 Å². The Morgan fingerprint density at radius 2 is 2.31 bits per heavy atom. The van der Waals surface area contributed by atoms with Crippen LogP contribution >= 0.6 is 0 Å². The Morgan fingerprint density at radius 1 is 1.56 bits per heavy atom. The van der Waals surface area contributed by atoms with Crippen molar-refractivity contribution >= 4 is 5.97 Å². The predicted octanol–water partition coefficient (Wildman–Crippen LogP) is 1.45. The molecule has 4 heteroatoms. The Hall–Kier alpha value is -1.42. The van der Waals surface area contributed by atoms with E-state index in [-0.39, 0.29) is 6.54 Å². The van der Waals surface area contributed by atoms with Gasteiger partial charge in [0.25, 0.3) is 0 Å². The molecule has 3 N–H and O–H groups in total. The number of nitrogens with two attached hydrogens (primary N) is 1. The molecule has 1 rings (SSSR count). The average molecular weight is 222 g/mol. The highest BCUT2D eigenvalue weighted by atomic mass is 16.4. The summed E-state index contributed by atoms with van der Waals surface area (Å²) in [6.45, 7) is 2.03. The fraction of sp³-hybridized carbons (Fsp3) is 0.500. The number of carbonyl (C=O) groups is 1. The van der Waals surface area contributed by atoms with Gasteiger partial charge in [-0.05, 0) is 31.4 Å². The minimum Gasteiger partial charge on any atom is -0.481 e. The highest BCUT2D eigenvalue weighted by Crippen LogP contribution is 2.27. The Kier molecular flexibility index (Phi) is 4.43. The first-order valence-electron chi connectivity index (χ1n) is 5.48. The van der Waals surface area contributed by atoms with Crippen molar-refractivity contribution < 1.29 is 9.90 Å². The molecule has 1 aromatic rings. The highest BCUT2D eigenvalue weighted by Gasteiger charge is 2.34. The zero-order valence-corrected chi connectivity index (χ0v) is 9.52. The summed E-state index contributed by atoms with van der Waals surface area (Å²) in [7, 11) is 0. The molecule has 0 fully saturated rings. The SMILES string of the molecule is CCC(CN)(CCc1ccccn1)C(=O)O. The Morgan fingerprint density at radius 3 is 2.75 bits per heavy atom. The van der Waals surface area contributed by atoms with E-state index in [4.69, 9.17) is 5.73 Å². The Labute approximate surface area is 95.5 Å². The van der Waals surface area contributed by atoms with Gasteiger partial charge < -0.3 is 10.8 Å². The largest absolute Gasteiger partial charge is 0.481 e. The first-order valence-corrected chi connectivity index (χ1v) is 5.48. The molecule has 16 heavy (non-hydrogen) atoms. The number of aryl methyl sites for hydroxylation is 1. The van der Waals surface area contributed by atoms with E-state index in [0.29, 0.717) is 19.3 Å². The first kappa shape index (κ1) is 12.6. The van der Waals surface area contributed by atoms with E-state index in [2.05, 4.69) is 4.98 Å². The van der Waals surface area contributed by atoms with Crippen LogP contribution in [0.3, 0.4) is 0 Å². The van der Waals surface area contributed by atoms with Gasteiger partial charge in [0, 0.05) is 18.4 Å². The molecule has 0 saturated carbocycles. The molecule has 0 aliphatic carbocycles. The molecule has 1 atom stereocenters. The molecule has 0 aromatic carbocycles. The van der Waals surface area contributed by atoms with Gasteiger partial charge in [-0.15, -0.1) is 0 Å². The third kappa shape index (κ3) is 2.79. The molecule has 0 amide bonds. The summed E-state index contributed by atoms with van der Waals surface area (Å²) in [6.07, 6.45) is 3.45. The number of pyridine rings is 1. The normalized spacial score (nSPS) is 14.4. The molecule has 0 radical (unpaired) electrons. The van der Waals surface area contributed by atoms with Crippen LogP contribution in [0.1, 0.15) is 25.5 Å². The molecular formula is C12H18N2O2. The van der Waals surface area contributed by atoms with Crippen LogP contribution in [0.25, 0.3) is 0 Å². The summed E-state index contributed by atoms with van der Waals surface area (Å²) in [6, 6.07) is 5.65. The van der Waals surface area contributed by atoms with Crippen LogP contribution < -0.4 is 5.73 Å². The molecule has 0 spiro atoms. The van der Waals surface area contributed by atoms with E-state index in [0.717, 1.165) is 5.69 Å². The highest BCUT2D eigenvalue weighted by molar-refractivity contribution is 5.74. The summed E-state index contributed by atoms with van der Waals surface area (Å²) >= 11 is 0. The molecule has 0 aliphatic heterocycles. The van der Waals surface area contributed by atoms with Crippen molar-refractivity contribution in [3.8, 4) is 0 Å². The quantitative estimate of drug-likeness (QED) is 0.763. The van der Waals surface area contributed by atoms with Crippen molar-refractivity contribution in [2.45, 2.75) is 26.2 Å². The van der Waals surface area contributed by atoms with Crippen molar-refractivity contribution in [2.24, 2.45) is 11.1 Å². The smallest absolute Gasteiger partial charge is 0.310 e. The van der Waals surface area contributed by atoms with E-state index in [9.17, 15) is 9.90 Å². The molecule has 1 unspecified atom stereocenters. The summed E-state index contributed by atoms with van der Waals surface area (Å²) < 4.78 is 0. The molecule has 1 aromatic heterocycles. The van der Waals surface area contributed by atoms with Gasteiger partial charge in [-0.25, -0.2) is 0 Å². The molecule has 1 heterocycles. The van der Waals surface area contributed by atoms with Crippen molar-refractivity contribution in [1.29, 1.82) is 0 Å². The fourth-order valence-electron chi connectivity index (χ4n) is 1.68. The molecule has 0 bridgehead atoms. The summed E-state index contributed by atoms with van der Waals surface area (Å²) in [5.41, 5.74) is 5.69. The first-order chi connectivity index (χ1) is 7.64. The third-order valence-electron chi connectivity index (χ3n) is 3.11. The second kappa shape index (κ2) is 5.61. The second-order valence-electron chi connectivity index (χ2n) is 3.96. The lowest BCUT2D eigenvalue weighted by Gasteiger charge is -2.26. The number of aromatic nitrogens is 1. The number of carboxylic acid groups (broad SMARTS) is 1. The Bertz CT molecular complexity index is 334. The maximum atomic E-state index is 11.2. The lowest BCUT2D eigenvalue weighted by atomic mass is 9.80. The van der Waals surface area contributed by atoms with Gasteiger partial charge in [0.15, 0.2) is 0 Å². The van der Waals surface area contributed by atoms with E-state index >= 15 is 0 Å². The maximum Gasteiger partial charge on any atom is 0.310 e.